The number of ether oxygens (including phenoxy) is 1. The van der Waals surface area contributed by atoms with E-state index in [1.807, 2.05) is 18.2 Å². The summed E-state index contributed by atoms with van der Waals surface area (Å²) in [6.45, 7) is 4.98. The molecule has 0 heterocycles. The van der Waals surface area contributed by atoms with E-state index in [2.05, 4.69) is 12.1 Å². The van der Waals surface area contributed by atoms with E-state index in [1.54, 1.807) is 13.8 Å². The fourth-order valence-electron chi connectivity index (χ4n) is 1.81. The van der Waals surface area contributed by atoms with Gasteiger partial charge >= 0.3 is 5.97 Å². The predicted molar refractivity (Wildman–Crippen MR) is 76.2 cm³/mol. The number of aliphatic carboxylic acids is 1. The summed E-state index contributed by atoms with van der Waals surface area (Å²) in [5.41, 5.74) is 0.666. The number of benzene rings is 1. The fraction of sp³-hybridized carbons (Fsp3) is 0.562. The van der Waals surface area contributed by atoms with Crippen molar-refractivity contribution in [3.8, 4) is 0 Å². The molecule has 1 aromatic carbocycles. The van der Waals surface area contributed by atoms with Gasteiger partial charge in [0, 0.05) is 6.61 Å². The van der Waals surface area contributed by atoms with Crippen LogP contribution in [0.4, 0.5) is 0 Å². The van der Waals surface area contributed by atoms with Gasteiger partial charge in [0.05, 0.1) is 12.0 Å². The minimum absolute atomic E-state index is 0.621. The second-order valence-electron chi connectivity index (χ2n) is 5.49. The Bertz CT molecular complexity index is 371. The van der Waals surface area contributed by atoms with Gasteiger partial charge in [0.25, 0.3) is 0 Å². The average molecular weight is 264 g/mol. The van der Waals surface area contributed by atoms with Gasteiger partial charge in [0.15, 0.2) is 0 Å². The smallest absolute Gasteiger partial charge is 0.309 e. The molecule has 0 saturated carbocycles. The third kappa shape index (κ3) is 6.39. The van der Waals surface area contributed by atoms with Crippen molar-refractivity contribution in [2.75, 3.05) is 13.2 Å². The molecule has 0 atom stereocenters. The van der Waals surface area contributed by atoms with Crippen molar-refractivity contribution in [1.29, 1.82) is 0 Å². The first-order valence-corrected chi connectivity index (χ1v) is 6.87. The lowest BCUT2D eigenvalue weighted by Gasteiger charge is -2.18. The number of hydrogen-bond acceptors (Lipinski definition) is 2. The molecule has 0 saturated heterocycles. The number of rotatable bonds is 9. The second kappa shape index (κ2) is 7.95. The molecule has 1 aromatic rings. The lowest BCUT2D eigenvalue weighted by atomic mass is 9.87. The van der Waals surface area contributed by atoms with Crippen LogP contribution >= 0.6 is 0 Å². The van der Waals surface area contributed by atoms with E-state index in [9.17, 15) is 4.79 Å². The van der Waals surface area contributed by atoms with Crippen LogP contribution in [0.5, 0.6) is 0 Å². The molecule has 19 heavy (non-hydrogen) atoms. The molecule has 0 aliphatic carbocycles. The summed E-state index contributed by atoms with van der Waals surface area (Å²) < 4.78 is 5.57. The maximum atomic E-state index is 10.9. The quantitative estimate of drug-likeness (QED) is 0.694. The highest BCUT2D eigenvalue weighted by molar-refractivity contribution is 5.73. The molecule has 0 aliphatic rings. The van der Waals surface area contributed by atoms with Gasteiger partial charge < -0.3 is 9.84 Å². The lowest BCUT2D eigenvalue weighted by Crippen LogP contribution is -2.23. The maximum absolute atomic E-state index is 10.9. The molecule has 0 radical (unpaired) electrons. The molecule has 1 N–H and O–H groups in total. The number of carboxylic acid groups (broad SMARTS) is 1. The Morgan fingerprint density at radius 1 is 1.16 bits per heavy atom. The molecule has 0 fully saturated rings. The van der Waals surface area contributed by atoms with Gasteiger partial charge in [-0.15, -0.1) is 0 Å². The zero-order valence-corrected chi connectivity index (χ0v) is 11.9. The van der Waals surface area contributed by atoms with Crippen LogP contribution in [-0.4, -0.2) is 24.3 Å². The van der Waals surface area contributed by atoms with Crippen molar-refractivity contribution in [1.82, 2.24) is 0 Å². The Balaban J connectivity index is 2.02. The van der Waals surface area contributed by atoms with Crippen molar-refractivity contribution < 1.29 is 14.6 Å². The molecular formula is C16H24O3. The van der Waals surface area contributed by atoms with Crippen LogP contribution in [0.25, 0.3) is 0 Å². The van der Waals surface area contributed by atoms with Crippen LogP contribution in [0.3, 0.4) is 0 Å². The van der Waals surface area contributed by atoms with Gasteiger partial charge in [-0.05, 0) is 38.7 Å². The summed E-state index contributed by atoms with van der Waals surface area (Å²) in [5.74, 6) is -0.725. The molecular weight excluding hydrogens is 240 g/mol. The van der Waals surface area contributed by atoms with E-state index < -0.39 is 11.4 Å². The van der Waals surface area contributed by atoms with Crippen molar-refractivity contribution in [3.63, 3.8) is 0 Å². The molecule has 3 nitrogen and oxygen atoms in total. The van der Waals surface area contributed by atoms with Gasteiger partial charge in [0.1, 0.15) is 0 Å². The van der Waals surface area contributed by atoms with E-state index in [4.69, 9.17) is 9.84 Å². The first-order valence-electron chi connectivity index (χ1n) is 6.87. The molecule has 0 unspecified atom stereocenters. The zero-order valence-electron chi connectivity index (χ0n) is 11.9. The molecule has 0 amide bonds. The number of carbonyl (C=O) groups is 1. The average Bonchev–Trinajstić information content (AvgIpc) is 2.38. The van der Waals surface area contributed by atoms with Crippen molar-refractivity contribution in [3.05, 3.63) is 35.9 Å². The van der Waals surface area contributed by atoms with Gasteiger partial charge in [-0.2, -0.15) is 0 Å². The molecule has 1 rings (SSSR count). The van der Waals surface area contributed by atoms with Crippen LogP contribution in [0, 0.1) is 5.41 Å². The monoisotopic (exact) mass is 264 g/mol. The summed E-state index contributed by atoms with van der Waals surface area (Å²) in [5, 5.41) is 8.98. The normalized spacial score (nSPS) is 11.5. The summed E-state index contributed by atoms with van der Waals surface area (Å²) >= 11 is 0. The van der Waals surface area contributed by atoms with Gasteiger partial charge in [-0.25, -0.2) is 0 Å². The van der Waals surface area contributed by atoms with Crippen molar-refractivity contribution in [2.45, 2.75) is 39.5 Å². The van der Waals surface area contributed by atoms with Crippen LogP contribution in [0.1, 0.15) is 38.7 Å². The largest absolute Gasteiger partial charge is 0.481 e. The van der Waals surface area contributed by atoms with E-state index in [0.29, 0.717) is 13.0 Å². The van der Waals surface area contributed by atoms with Crippen LogP contribution in [0.15, 0.2) is 30.3 Å². The first-order chi connectivity index (χ1) is 9.02. The molecule has 106 valence electrons. The Morgan fingerprint density at radius 2 is 1.84 bits per heavy atom. The number of unbranched alkanes of at least 4 members (excludes halogenated alkanes) is 1. The summed E-state index contributed by atoms with van der Waals surface area (Å²) in [6.07, 6.45) is 3.45. The Morgan fingerprint density at radius 3 is 2.47 bits per heavy atom. The standard InChI is InChI=1S/C16H24O3/c1-16(2,15(17)18)11-6-7-12-19-13-10-14-8-4-3-5-9-14/h3-5,8-9H,6-7,10-13H2,1-2H3,(H,17,18). The molecule has 0 bridgehead atoms. The maximum Gasteiger partial charge on any atom is 0.309 e. The molecule has 0 aliphatic heterocycles. The van der Waals surface area contributed by atoms with Gasteiger partial charge in [-0.1, -0.05) is 36.8 Å². The van der Waals surface area contributed by atoms with Crippen LogP contribution in [-0.2, 0) is 16.0 Å². The van der Waals surface area contributed by atoms with E-state index >= 15 is 0 Å². The molecule has 0 aromatic heterocycles. The SMILES string of the molecule is CC(C)(CCCCOCCc1ccccc1)C(=O)O. The predicted octanol–water partition coefficient (Wildman–Crippen LogP) is 3.53. The number of hydrogen-bond donors (Lipinski definition) is 1. The summed E-state index contributed by atoms with van der Waals surface area (Å²) in [7, 11) is 0. The van der Waals surface area contributed by atoms with Crippen molar-refractivity contribution >= 4 is 5.97 Å². The van der Waals surface area contributed by atoms with Crippen molar-refractivity contribution in [2.24, 2.45) is 5.41 Å². The second-order valence-corrected chi connectivity index (χ2v) is 5.49. The van der Waals surface area contributed by atoms with Gasteiger partial charge in [0.2, 0.25) is 0 Å². The van der Waals surface area contributed by atoms with Gasteiger partial charge in [-0.3, -0.25) is 4.79 Å². The van der Waals surface area contributed by atoms with Crippen LogP contribution < -0.4 is 0 Å². The highest BCUT2D eigenvalue weighted by Crippen LogP contribution is 2.23. The lowest BCUT2D eigenvalue weighted by molar-refractivity contribution is -0.147. The Hall–Kier alpha value is -1.35. The summed E-state index contributed by atoms with van der Waals surface area (Å²) in [6, 6.07) is 10.3. The minimum Gasteiger partial charge on any atom is -0.481 e. The highest BCUT2D eigenvalue weighted by Gasteiger charge is 2.25. The third-order valence-electron chi connectivity index (χ3n) is 3.30. The van der Waals surface area contributed by atoms with E-state index in [1.165, 1.54) is 5.56 Å². The molecule has 0 spiro atoms. The third-order valence-corrected chi connectivity index (χ3v) is 3.30. The summed E-state index contributed by atoms with van der Waals surface area (Å²) in [4.78, 5) is 10.9. The van der Waals surface area contributed by atoms with E-state index in [0.717, 1.165) is 25.9 Å². The topological polar surface area (TPSA) is 46.5 Å². The Kier molecular flexibility index (Phi) is 6.57. The molecule has 3 heteroatoms. The first kappa shape index (κ1) is 15.7. The number of carboxylic acids is 1. The van der Waals surface area contributed by atoms with E-state index in [-0.39, 0.29) is 0 Å². The highest BCUT2D eigenvalue weighted by atomic mass is 16.5. The minimum atomic E-state index is -0.725. The zero-order chi connectivity index (χ0) is 14.1. The Labute approximate surface area is 115 Å². The fourth-order valence-corrected chi connectivity index (χ4v) is 1.81. The van der Waals surface area contributed by atoms with Crippen LogP contribution in [0.2, 0.25) is 0 Å².